The Morgan fingerprint density at radius 2 is 1.60 bits per heavy atom. The molecule has 0 saturated heterocycles. The number of amides is 1. The van der Waals surface area contributed by atoms with Crippen LogP contribution in [0.4, 0.5) is 5.13 Å². The van der Waals surface area contributed by atoms with Crippen LogP contribution in [0.15, 0.2) is 59.1 Å². The summed E-state index contributed by atoms with van der Waals surface area (Å²) >= 11 is 7.37. The number of nitrogens with zero attached hydrogens (tertiary/aromatic N) is 2. The highest BCUT2D eigenvalue weighted by Gasteiger charge is 2.18. The van der Waals surface area contributed by atoms with Crippen LogP contribution in [-0.4, -0.2) is 51.1 Å². The summed E-state index contributed by atoms with van der Waals surface area (Å²) in [6, 6.07) is 15.9. The molecule has 0 aliphatic rings. The van der Waals surface area contributed by atoms with Gasteiger partial charge in [-0.1, -0.05) is 28.1 Å². The first-order valence-electron chi connectivity index (χ1n) is 11.9. The van der Waals surface area contributed by atoms with Crippen molar-refractivity contribution in [2.24, 2.45) is 0 Å². The van der Waals surface area contributed by atoms with Gasteiger partial charge in [-0.05, 0) is 48.5 Å². The van der Waals surface area contributed by atoms with E-state index in [2.05, 4.69) is 15.5 Å². The minimum absolute atomic E-state index is 0.260. The Morgan fingerprint density at radius 3 is 2.30 bits per heavy atom. The maximum absolute atomic E-state index is 12.6. The van der Waals surface area contributed by atoms with Crippen LogP contribution in [0.3, 0.4) is 0 Å². The molecule has 0 saturated carbocycles. The second-order valence-electron chi connectivity index (χ2n) is 8.32. The second-order valence-corrected chi connectivity index (χ2v) is 9.79. The molecule has 0 bridgehead atoms. The van der Waals surface area contributed by atoms with Gasteiger partial charge in [0.15, 0.2) is 40.5 Å². The number of rotatable bonds is 10. The summed E-state index contributed by atoms with van der Waals surface area (Å²) in [5.41, 5.74) is 2.69. The molecule has 0 atom stereocenters. The van der Waals surface area contributed by atoms with Crippen molar-refractivity contribution >= 4 is 44.2 Å². The van der Waals surface area contributed by atoms with E-state index in [-0.39, 0.29) is 12.5 Å². The number of halogens is 1. The Bertz CT molecular complexity index is 1660. The number of anilines is 1. The van der Waals surface area contributed by atoms with Crippen LogP contribution in [0.25, 0.3) is 32.8 Å². The molecule has 12 heteroatoms. The van der Waals surface area contributed by atoms with Crippen LogP contribution in [0.1, 0.15) is 0 Å². The molecule has 0 radical (unpaired) electrons. The van der Waals surface area contributed by atoms with E-state index in [9.17, 15) is 4.79 Å². The Morgan fingerprint density at radius 1 is 0.875 bits per heavy atom. The summed E-state index contributed by atoms with van der Waals surface area (Å²) in [5.74, 6) is 2.39. The smallest absolute Gasteiger partial charge is 0.264 e. The average molecular weight is 582 g/mol. The number of ether oxygens (including phenoxy) is 5. The van der Waals surface area contributed by atoms with Crippen molar-refractivity contribution < 1.29 is 33.0 Å². The lowest BCUT2D eigenvalue weighted by atomic mass is 10.1. The highest BCUT2D eigenvalue weighted by molar-refractivity contribution is 7.22. The minimum atomic E-state index is -0.373. The van der Waals surface area contributed by atoms with Crippen molar-refractivity contribution in [3.05, 3.63) is 59.6 Å². The van der Waals surface area contributed by atoms with Crippen molar-refractivity contribution in [2.75, 3.05) is 40.4 Å². The first-order valence-corrected chi connectivity index (χ1v) is 13.1. The number of hydrogen-bond donors (Lipinski definition) is 1. The van der Waals surface area contributed by atoms with Crippen LogP contribution in [0, 0.1) is 0 Å². The third kappa shape index (κ3) is 5.61. The van der Waals surface area contributed by atoms with E-state index in [1.807, 2.05) is 0 Å². The number of aromatic nitrogens is 2. The zero-order valence-electron chi connectivity index (χ0n) is 21.9. The van der Waals surface area contributed by atoms with Gasteiger partial charge in [0.2, 0.25) is 5.75 Å². The summed E-state index contributed by atoms with van der Waals surface area (Å²) in [6.07, 6.45) is 0. The van der Waals surface area contributed by atoms with E-state index in [1.165, 1.54) is 18.4 Å². The summed E-state index contributed by atoms with van der Waals surface area (Å²) in [6.45, 7) is -0.260. The van der Waals surface area contributed by atoms with Gasteiger partial charge in [-0.2, -0.15) is 0 Å². The number of methoxy groups -OCH3 is 4. The molecule has 1 N–H and O–H groups in total. The first kappa shape index (κ1) is 27.1. The molecule has 5 rings (SSSR count). The molecule has 0 fully saturated rings. The van der Waals surface area contributed by atoms with Crippen LogP contribution < -0.4 is 29.0 Å². The third-order valence-electron chi connectivity index (χ3n) is 5.87. The second kappa shape index (κ2) is 11.7. The van der Waals surface area contributed by atoms with E-state index < -0.39 is 0 Å². The predicted octanol–water partition coefficient (Wildman–Crippen LogP) is 6.32. The van der Waals surface area contributed by atoms with Crippen molar-refractivity contribution in [1.29, 1.82) is 0 Å². The molecule has 1 amide bonds. The fourth-order valence-electron chi connectivity index (χ4n) is 3.97. The minimum Gasteiger partial charge on any atom is -0.493 e. The summed E-state index contributed by atoms with van der Waals surface area (Å²) < 4.78 is 34.0. The fraction of sp³-hybridized carbons (Fsp3) is 0.179. The number of carbonyl (C=O) groups excluding carboxylic acids is 1. The van der Waals surface area contributed by atoms with E-state index in [0.717, 1.165) is 10.2 Å². The predicted molar refractivity (Wildman–Crippen MR) is 152 cm³/mol. The van der Waals surface area contributed by atoms with Crippen molar-refractivity contribution in [1.82, 2.24) is 10.1 Å². The number of hydrogen-bond acceptors (Lipinski definition) is 10. The van der Waals surface area contributed by atoms with Gasteiger partial charge >= 0.3 is 0 Å². The largest absolute Gasteiger partial charge is 0.493 e. The van der Waals surface area contributed by atoms with E-state index in [0.29, 0.717) is 61.5 Å². The zero-order chi connectivity index (χ0) is 28.2. The highest BCUT2D eigenvalue weighted by Crippen LogP contribution is 2.42. The Labute approximate surface area is 238 Å². The third-order valence-corrected chi connectivity index (χ3v) is 7.04. The molecule has 2 aromatic heterocycles. The normalized spacial score (nSPS) is 10.8. The van der Waals surface area contributed by atoms with Gasteiger partial charge in [-0.3, -0.25) is 10.1 Å². The van der Waals surface area contributed by atoms with Crippen LogP contribution in [0.2, 0.25) is 5.02 Å². The van der Waals surface area contributed by atoms with Crippen LogP contribution >= 0.6 is 22.9 Å². The van der Waals surface area contributed by atoms with Gasteiger partial charge in [-0.25, -0.2) is 4.98 Å². The molecular formula is C28H24ClN3O7S. The molecule has 3 aromatic carbocycles. The molecular weight excluding hydrogens is 558 g/mol. The topological polar surface area (TPSA) is 114 Å². The number of carbonyl (C=O) groups is 1. The fourth-order valence-corrected chi connectivity index (χ4v) is 5.13. The molecule has 0 aliphatic heterocycles. The van der Waals surface area contributed by atoms with Gasteiger partial charge in [0.25, 0.3) is 5.91 Å². The van der Waals surface area contributed by atoms with Crippen molar-refractivity contribution in [3.63, 3.8) is 0 Å². The standard InChI is InChI=1S/C28H24ClN3O7S/c1-34-20-8-5-15(21-13-19(32-39-21)16-10-23(35-2)27(37-4)24(11-16)36-3)9-22(20)38-14-26(33)31-28-30-18-7-6-17(29)12-25(18)40-28/h5-13H,14H2,1-4H3,(H,30,31,33). The average Bonchev–Trinajstić information content (AvgIpc) is 3.62. The zero-order valence-corrected chi connectivity index (χ0v) is 23.5. The maximum Gasteiger partial charge on any atom is 0.264 e. The Balaban J connectivity index is 1.33. The Hall–Kier alpha value is -4.48. The lowest BCUT2D eigenvalue weighted by Crippen LogP contribution is -2.20. The molecule has 40 heavy (non-hydrogen) atoms. The lowest BCUT2D eigenvalue weighted by molar-refractivity contribution is -0.118. The summed E-state index contributed by atoms with van der Waals surface area (Å²) in [4.78, 5) is 17.0. The molecule has 5 aromatic rings. The first-order chi connectivity index (χ1) is 19.4. The van der Waals surface area contributed by atoms with Crippen LogP contribution in [-0.2, 0) is 4.79 Å². The molecule has 2 heterocycles. The molecule has 0 spiro atoms. The number of nitrogens with one attached hydrogen (secondary N) is 1. The number of fused-ring (bicyclic) bond motifs is 1. The van der Waals surface area contributed by atoms with Gasteiger partial charge in [0, 0.05) is 22.2 Å². The molecule has 10 nitrogen and oxygen atoms in total. The highest BCUT2D eigenvalue weighted by atomic mass is 35.5. The molecule has 0 unspecified atom stereocenters. The summed E-state index contributed by atoms with van der Waals surface area (Å²) in [5, 5.41) is 8.02. The monoisotopic (exact) mass is 581 g/mol. The number of benzene rings is 3. The van der Waals surface area contributed by atoms with Gasteiger partial charge in [0.05, 0.1) is 38.7 Å². The van der Waals surface area contributed by atoms with Crippen molar-refractivity contribution in [2.45, 2.75) is 0 Å². The van der Waals surface area contributed by atoms with E-state index >= 15 is 0 Å². The lowest BCUT2D eigenvalue weighted by Gasteiger charge is -2.13. The van der Waals surface area contributed by atoms with Gasteiger partial charge < -0.3 is 28.2 Å². The Kier molecular flexibility index (Phi) is 7.94. The van der Waals surface area contributed by atoms with Crippen molar-refractivity contribution in [3.8, 4) is 51.3 Å². The quantitative estimate of drug-likeness (QED) is 0.202. The van der Waals surface area contributed by atoms with E-state index in [4.69, 9.17) is 39.8 Å². The van der Waals surface area contributed by atoms with E-state index in [1.54, 1.807) is 75.9 Å². The number of thiazole rings is 1. The summed E-state index contributed by atoms with van der Waals surface area (Å²) in [7, 11) is 6.15. The van der Waals surface area contributed by atoms with Gasteiger partial charge in [0.1, 0.15) is 5.69 Å². The van der Waals surface area contributed by atoms with Gasteiger partial charge in [-0.15, -0.1) is 0 Å². The molecule has 206 valence electrons. The molecule has 0 aliphatic carbocycles. The van der Waals surface area contributed by atoms with Crippen LogP contribution in [0.5, 0.6) is 28.7 Å². The SMILES string of the molecule is COc1ccc(-c2cc(-c3cc(OC)c(OC)c(OC)c3)no2)cc1OCC(=O)Nc1nc2ccc(Cl)cc2s1. The maximum atomic E-state index is 12.6.